The third kappa shape index (κ3) is 5.34. The Hall–Kier alpha value is -2.23. The molecule has 0 saturated carbocycles. The van der Waals surface area contributed by atoms with E-state index in [1.165, 1.54) is 5.56 Å². The van der Waals surface area contributed by atoms with Gasteiger partial charge in [0.2, 0.25) is 0 Å². The summed E-state index contributed by atoms with van der Waals surface area (Å²) in [7, 11) is 0. The van der Waals surface area contributed by atoms with E-state index in [1.807, 2.05) is 24.3 Å². The summed E-state index contributed by atoms with van der Waals surface area (Å²) in [4.78, 5) is 26.9. The summed E-state index contributed by atoms with van der Waals surface area (Å²) in [6.45, 7) is 3.35. The van der Waals surface area contributed by atoms with Crippen LogP contribution in [0.15, 0.2) is 48.7 Å². The number of nitrogens with zero attached hydrogens (tertiary/aromatic N) is 1. The largest absolute Gasteiger partial charge is 0.396 e. The van der Waals surface area contributed by atoms with E-state index >= 15 is 0 Å². The molecule has 0 aliphatic carbocycles. The lowest BCUT2D eigenvalue weighted by Crippen LogP contribution is -2.36. The molecule has 2 aliphatic heterocycles. The summed E-state index contributed by atoms with van der Waals surface area (Å²) in [5.41, 5.74) is 3.73. The lowest BCUT2D eigenvalue weighted by atomic mass is 9.94. The van der Waals surface area contributed by atoms with Gasteiger partial charge < -0.3 is 10.4 Å². The van der Waals surface area contributed by atoms with Crippen molar-refractivity contribution < 1.29 is 14.7 Å². The Morgan fingerprint density at radius 1 is 1.06 bits per heavy atom. The maximum atomic E-state index is 12.4. The Morgan fingerprint density at radius 2 is 1.81 bits per heavy atom. The van der Waals surface area contributed by atoms with Gasteiger partial charge in [-0.05, 0) is 96.8 Å². The molecule has 3 N–H and O–H groups in total. The number of amides is 2. The second kappa shape index (κ2) is 9.93. The van der Waals surface area contributed by atoms with E-state index < -0.39 is 5.91 Å². The Kier molecular flexibility index (Phi) is 7.04. The number of carbonyl (C=O) groups is 2. The molecule has 2 aromatic carbocycles. The lowest BCUT2D eigenvalue weighted by Gasteiger charge is -2.31. The summed E-state index contributed by atoms with van der Waals surface area (Å²) in [5.74, 6) is -0.104. The number of nitrogens with one attached hydrogen (secondary N) is 2. The van der Waals surface area contributed by atoms with Crippen molar-refractivity contribution in [1.29, 1.82) is 0 Å². The van der Waals surface area contributed by atoms with Gasteiger partial charge in [0.05, 0.1) is 5.57 Å². The van der Waals surface area contributed by atoms with E-state index in [0.717, 1.165) is 48.2 Å². The van der Waals surface area contributed by atoms with Crippen LogP contribution in [0.3, 0.4) is 0 Å². The Labute approximate surface area is 195 Å². The molecule has 2 aliphatic rings. The van der Waals surface area contributed by atoms with Gasteiger partial charge in [0.15, 0.2) is 0 Å². The summed E-state index contributed by atoms with van der Waals surface area (Å²) in [6, 6.07) is 13.7. The van der Waals surface area contributed by atoms with Gasteiger partial charge >= 0.3 is 0 Å². The number of aliphatic hydroxyl groups excluding tert-OH is 1. The molecule has 0 bridgehead atoms. The Balaban J connectivity index is 1.40. The van der Waals surface area contributed by atoms with Crippen molar-refractivity contribution in [3.63, 3.8) is 0 Å². The number of carbonyl (C=O) groups excluding carboxylic acids is 2. The van der Waals surface area contributed by atoms with Gasteiger partial charge in [0.25, 0.3) is 11.8 Å². The molecule has 0 atom stereocenters. The van der Waals surface area contributed by atoms with Crippen LogP contribution in [0, 0.1) is 9.49 Å². The number of likely N-dealkylation sites (tertiary alicyclic amines) is 1. The fourth-order valence-corrected chi connectivity index (χ4v) is 4.67. The quantitative estimate of drug-likeness (QED) is 0.302. The number of hydrogen-bond acceptors (Lipinski definition) is 5. The van der Waals surface area contributed by atoms with Crippen LogP contribution < -0.4 is 10.6 Å². The molecule has 7 heteroatoms. The number of anilines is 1. The number of piperidine rings is 1. The van der Waals surface area contributed by atoms with Crippen molar-refractivity contribution in [3.8, 4) is 0 Å². The van der Waals surface area contributed by atoms with Crippen LogP contribution in [-0.2, 0) is 11.3 Å². The van der Waals surface area contributed by atoms with E-state index in [1.54, 1.807) is 12.3 Å². The molecule has 4 rings (SSSR count). The van der Waals surface area contributed by atoms with Gasteiger partial charge in [-0.25, -0.2) is 0 Å². The Morgan fingerprint density at radius 3 is 2.52 bits per heavy atom. The van der Waals surface area contributed by atoms with Gasteiger partial charge in [0.1, 0.15) is 0 Å². The van der Waals surface area contributed by atoms with Crippen molar-refractivity contribution in [2.45, 2.75) is 25.8 Å². The van der Waals surface area contributed by atoms with Crippen LogP contribution in [0.5, 0.6) is 0 Å². The molecule has 2 amide bonds. The fraction of sp³-hybridized carbons (Fsp3) is 0.333. The predicted octanol–water partition coefficient (Wildman–Crippen LogP) is 3.61. The number of halogens is 1. The predicted molar refractivity (Wildman–Crippen MR) is 129 cm³/mol. The minimum atomic E-state index is -0.395. The van der Waals surface area contributed by atoms with Gasteiger partial charge in [-0.1, -0.05) is 12.1 Å². The van der Waals surface area contributed by atoms with Crippen LogP contribution in [0.1, 0.15) is 40.7 Å². The normalized spacial score (nSPS) is 18.7. The molecule has 0 radical (unpaired) electrons. The van der Waals surface area contributed by atoms with E-state index in [0.29, 0.717) is 22.6 Å². The summed E-state index contributed by atoms with van der Waals surface area (Å²) < 4.78 is 0.967. The second-order valence-corrected chi connectivity index (χ2v) is 9.35. The van der Waals surface area contributed by atoms with E-state index in [9.17, 15) is 9.59 Å². The average molecular weight is 531 g/mol. The molecule has 0 aromatic heterocycles. The van der Waals surface area contributed by atoms with Crippen LogP contribution in [-0.4, -0.2) is 41.5 Å². The number of hydrogen-bond donors (Lipinski definition) is 3. The molecule has 1 saturated heterocycles. The first-order valence-corrected chi connectivity index (χ1v) is 11.7. The molecule has 2 aromatic rings. The number of fused-ring (bicyclic) bond motifs is 1. The maximum absolute atomic E-state index is 12.4. The zero-order valence-corrected chi connectivity index (χ0v) is 19.4. The Bertz CT molecular complexity index is 996. The lowest BCUT2D eigenvalue weighted by molar-refractivity contribution is -0.114. The minimum Gasteiger partial charge on any atom is -0.396 e. The number of aliphatic hydroxyl groups is 1. The third-order valence-electron chi connectivity index (χ3n) is 5.98. The molecule has 2 heterocycles. The van der Waals surface area contributed by atoms with Crippen molar-refractivity contribution >= 4 is 45.7 Å². The second-order valence-electron chi connectivity index (χ2n) is 8.10. The standard InChI is InChI=1S/C24H26IN3O3/c25-18-3-6-20-21(13-18)22(24(31)27-23(20)30)14-26-19-4-1-17(2-5-19)15-28-10-7-16(8-11-28)9-12-29/h1-6,13-14,16,26,29H,7-12,15H2,(H,27,30,31)/b22-14-. The molecule has 6 nitrogen and oxygen atoms in total. The van der Waals surface area contributed by atoms with Gasteiger partial charge in [-0.3, -0.25) is 19.8 Å². The van der Waals surface area contributed by atoms with Crippen LogP contribution >= 0.6 is 22.6 Å². The molecule has 31 heavy (non-hydrogen) atoms. The highest BCUT2D eigenvalue weighted by Crippen LogP contribution is 2.26. The van der Waals surface area contributed by atoms with Crippen molar-refractivity contribution in [3.05, 3.63) is 68.9 Å². The van der Waals surface area contributed by atoms with Crippen LogP contribution in [0.4, 0.5) is 5.69 Å². The molecule has 0 unspecified atom stereocenters. The van der Waals surface area contributed by atoms with E-state index in [4.69, 9.17) is 5.11 Å². The van der Waals surface area contributed by atoms with Gasteiger partial charge in [0, 0.05) is 39.7 Å². The molecule has 162 valence electrons. The summed E-state index contributed by atoms with van der Waals surface area (Å²) in [5, 5.41) is 14.7. The highest BCUT2D eigenvalue weighted by molar-refractivity contribution is 14.1. The summed E-state index contributed by atoms with van der Waals surface area (Å²) in [6.07, 6.45) is 4.88. The zero-order chi connectivity index (χ0) is 21.8. The molecule has 1 fully saturated rings. The highest BCUT2D eigenvalue weighted by atomic mass is 127. The van der Waals surface area contributed by atoms with Crippen molar-refractivity contribution in [2.75, 3.05) is 25.0 Å². The van der Waals surface area contributed by atoms with Gasteiger partial charge in [-0.2, -0.15) is 0 Å². The van der Waals surface area contributed by atoms with Crippen molar-refractivity contribution in [1.82, 2.24) is 10.2 Å². The topological polar surface area (TPSA) is 81.7 Å². The smallest absolute Gasteiger partial charge is 0.260 e. The zero-order valence-electron chi connectivity index (χ0n) is 17.2. The fourth-order valence-electron chi connectivity index (χ4n) is 4.18. The SMILES string of the molecule is O=C1NC(=O)c2ccc(I)cc2/C1=C/Nc1ccc(CN2CCC(CCO)CC2)cc1. The van der Waals surface area contributed by atoms with Crippen molar-refractivity contribution in [2.24, 2.45) is 5.92 Å². The highest BCUT2D eigenvalue weighted by Gasteiger charge is 2.27. The molecule has 0 spiro atoms. The van der Waals surface area contributed by atoms with E-state index in [-0.39, 0.29) is 12.5 Å². The first-order valence-electron chi connectivity index (χ1n) is 10.6. The number of imide groups is 1. The first kappa shape index (κ1) is 22.0. The number of benzene rings is 2. The number of rotatable bonds is 6. The monoisotopic (exact) mass is 531 g/mol. The van der Waals surface area contributed by atoms with E-state index in [2.05, 4.69) is 50.3 Å². The average Bonchev–Trinajstić information content (AvgIpc) is 2.76. The molecular weight excluding hydrogens is 505 g/mol. The van der Waals surface area contributed by atoms with Gasteiger partial charge in [-0.15, -0.1) is 0 Å². The maximum Gasteiger partial charge on any atom is 0.260 e. The minimum absolute atomic E-state index is 0.290. The first-order chi connectivity index (χ1) is 15.0. The van der Waals surface area contributed by atoms with Crippen LogP contribution in [0.2, 0.25) is 0 Å². The molecular formula is C24H26IN3O3. The van der Waals surface area contributed by atoms with Crippen LogP contribution in [0.25, 0.3) is 5.57 Å². The third-order valence-corrected chi connectivity index (χ3v) is 6.65. The summed E-state index contributed by atoms with van der Waals surface area (Å²) >= 11 is 2.18.